The van der Waals surface area contributed by atoms with E-state index in [2.05, 4.69) is 30.4 Å². The topological polar surface area (TPSA) is 21.3 Å². The summed E-state index contributed by atoms with van der Waals surface area (Å²) in [5.41, 5.74) is 2.62. The number of fused-ring (bicyclic) bond motifs is 1. The fourth-order valence-corrected chi connectivity index (χ4v) is 2.12. The van der Waals surface area contributed by atoms with Crippen molar-refractivity contribution in [3.63, 3.8) is 0 Å². The van der Waals surface area contributed by atoms with Gasteiger partial charge >= 0.3 is 0 Å². The molecule has 0 fully saturated rings. The van der Waals surface area contributed by atoms with Crippen molar-refractivity contribution in [2.45, 2.75) is 31.7 Å². The van der Waals surface area contributed by atoms with Crippen LogP contribution in [0.15, 0.2) is 18.2 Å². The van der Waals surface area contributed by atoms with Gasteiger partial charge in [-0.3, -0.25) is 0 Å². The molecule has 0 saturated carbocycles. The summed E-state index contributed by atoms with van der Waals surface area (Å²) in [5, 5.41) is 3.49. The van der Waals surface area contributed by atoms with Crippen LogP contribution in [0, 0.1) is 6.92 Å². The summed E-state index contributed by atoms with van der Waals surface area (Å²) >= 11 is 5.87. The molecule has 0 aromatic heterocycles. The van der Waals surface area contributed by atoms with E-state index in [1.165, 1.54) is 11.1 Å². The number of nitrogens with one attached hydrogen (secondary N) is 1. The van der Waals surface area contributed by atoms with Crippen molar-refractivity contribution < 1.29 is 4.74 Å². The summed E-state index contributed by atoms with van der Waals surface area (Å²) in [4.78, 5) is 0. The van der Waals surface area contributed by atoms with Gasteiger partial charge < -0.3 is 10.1 Å². The van der Waals surface area contributed by atoms with E-state index in [0.717, 1.165) is 25.3 Å². The zero-order valence-electron chi connectivity index (χ0n) is 9.79. The van der Waals surface area contributed by atoms with E-state index in [0.29, 0.717) is 0 Å². The number of benzene rings is 1. The maximum atomic E-state index is 5.87. The highest BCUT2D eigenvalue weighted by Gasteiger charge is 2.22. The molecule has 0 amide bonds. The van der Waals surface area contributed by atoms with Crippen molar-refractivity contribution in [2.75, 3.05) is 13.1 Å². The molecule has 1 aromatic rings. The average Bonchev–Trinajstić information content (AvgIpc) is 2.58. The lowest BCUT2D eigenvalue weighted by atomic mass is 10.1. The summed E-state index contributed by atoms with van der Waals surface area (Å²) in [6.45, 7) is 5.80. The summed E-state index contributed by atoms with van der Waals surface area (Å²) in [6, 6.07) is 6.36. The van der Waals surface area contributed by atoms with E-state index >= 15 is 0 Å². The predicted octanol–water partition coefficient (Wildman–Crippen LogP) is 2.52. The Morgan fingerprint density at radius 2 is 2.38 bits per heavy atom. The summed E-state index contributed by atoms with van der Waals surface area (Å²) in [5.74, 6) is 1.04. The number of hydrogen-bond donors (Lipinski definition) is 1. The number of alkyl halides is 1. The van der Waals surface area contributed by atoms with Crippen LogP contribution in [0.25, 0.3) is 0 Å². The smallest absolute Gasteiger partial charge is 0.123 e. The van der Waals surface area contributed by atoms with Gasteiger partial charge in [-0.05, 0) is 25.5 Å². The maximum Gasteiger partial charge on any atom is 0.123 e. The molecule has 2 unspecified atom stereocenters. The maximum absolute atomic E-state index is 5.87. The van der Waals surface area contributed by atoms with Gasteiger partial charge in [0, 0.05) is 24.9 Å². The van der Waals surface area contributed by atoms with Gasteiger partial charge in [0.05, 0.1) is 0 Å². The monoisotopic (exact) mass is 239 g/mol. The molecule has 1 N–H and O–H groups in total. The Kier molecular flexibility index (Phi) is 3.72. The first-order valence-electron chi connectivity index (χ1n) is 5.76. The molecular formula is C13H18ClNO. The minimum Gasteiger partial charge on any atom is -0.488 e. The van der Waals surface area contributed by atoms with Gasteiger partial charge in [0.15, 0.2) is 0 Å². The van der Waals surface area contributed by atoms with Crippen molar-refractivity contribution in [1.29, 1.82) is 0 Å². The molecule has 0 spiro atoms. The molecule has 0 aliphatic carbocycles. The van der Waals surface area contributed by atoms with Crippen LogP contribution < -0.4 is 10.1 Å². The Morgan fingerprint density at radius 1 is 1.56 bits per heavy atom. The molecule has 3 heteroatoms. The van der Waals surface area contributed by atoms with Gasteiger partial charge in [-0.1, -0.05) is 17.7 Å². The first kappa shape index (κ1) is 11.7. The van der Waals surface area contributed by atoms with Crippen LogP contribution in [-0.4, -0.2) is 24.6 Å². The van der Waals surface area contributed by atoms with Gasteiger partial charge in [-0.15, -0.1) is 11.6 Å². The molecule has 88 valence electrons. The molecule has 1 heterocycles. The van der Waals surface area contributed by atoms with Gasteiger partial charge in [-0.25, -0.2) is 0 Å². The van der Waals surface area contributed by atoms with E-state index in [4.69, 9.17) is 16.3 Å². The minimum atomic E-state index is 0.172. The molecule has 1 aliphatic heterocycles. The van der Waals surface area contributed by atoms with E-state index in [-0.39, 0.29) is 11.5 Å². The Bertz CT molecular complexity index is 365. The van der Waals surface area contributed by atoms with Crippen molar-refractivity contribution in [1.82, 2.24) is 5.32 Å². The zero-order chi connectivity index (χ0) is 11.5. The highest BCUT2D eigenvalue weighted by Crippen LogP contribution is 2.29. The number of halogens is 1. The lowest BCUT2D eigenvalue weighted by Crippen LogP contribution is -2.33. The fraction of sp³-hybridized carbons (Fsp3) is 0.538. The normalized spacial score (nSPS) is 20.3. The SMILES string of the molecule is Cc1ccc2c(c1)CC(CNCC(C)Cl)O2. The van der Waals surface area contributed by atoms with Crippen LogP contribution >= 0.6 is 11.6 Å². The Hall–Kier alpha value is -0.730. The minimum absolute atomic E-state index is 0.172. The Balaban J connectivity index is 1.86. The van der Waals surface area contributed by atoms with Crippen molar-refractivity contribution in [2.24, 2.45) is 0 Å². The molecule has 2 rings (SSSR count). The molecule has 0 saturated heterocycles. The van der Waals surface area contributed by atoms with Crippen LogP contribution in [-0.2, 0) is 6.42 Å². The fourth-order valence-electron chi connectivity index (χ4n) is 2.01. The second kappa shape index (κ2) is 5.07. The van der Waals surface area contributed by atoms with E-state index < -0.39 is 0 Å². The highest BCUT2D eigenvalue weighted by molar-refractivity contribution is 6.20. The molecule has 1 aliphatic rings. The summed E-state index contributed by atoms with van der Waals surface area (Å²) < 4.78 is 5.84. The molecular weight excluding hydrogens is 222 g/mol. The Labute approximate surface area is 102 Å². The number of rotatable bonds is 4. The first-order chi connectivity index (χ1) is 7.65. The molecule has 2 atom stereocenters. The van der Waals surface area contributed by atoms with Crippen molar-refractivity contribution in [3.05, 3.63) is 29.3 Å². The van der Waals surface area contributed by atoms with Gasteiger partial charge in [0.25, 0.3) is 0 Å². The predicted molar refractivity (Wildman–Crippen MR) is 67.5 cm³/mol. The van der Waals surface area contributed by atoms with E-state index in [1.807, 2.05) is 6.92 Å². The lowest BCUT2D eigenvalue weighted by Gasteiger charge is -2.12. The van der Waals surface area contributed by atoms with Crippen LogP contribution in [0.3, 0.4) is 0 Å². The van der Waals surface area contributed by atoms with Gasteiger partial charge in [-0.2, -0.15) is 0 Å². The highest BCUT2D eigenvalue weighted by atomic mass is 35.5. The summed E-state index contributed by atoms with van der Waals surface area (Å²) in [7, 11) is 0. The zero-order valence-corrected chi connectivity index (χ0v) is 10.6. The quantitative estimate of drug-likeness (QED) is 0.816. The Morgan fingerprint density at radius 3 is 3.12 bits per heavy atom. The molecule has 1 aromatic carbocycles. The second-order valence-electron chi connectivity index (χ2n) is 4.49. The lowest BCUT2D eigenvalue weighted by molar-refractivity contribution is 0.228. The third kappa shape index (κ3) is 2.89. The molecule has 0 radical (unpaired) electrons. The molecule has 2 nitrogen and oxygen atoms in total. The molecule has 0 bridgehead atoms. The average molecular weight is 240 g/mol. The third-order valence-electron chi connectivity index (χ3n) is 2.75. The number of ether oxygens (including phenoxy) is 1. The van der Waals surface area contributed by atoms with Crippen LogP contribution in [0.1, 0.15) is 18.1 Å². The standard InChI is InChI=1S/C13H18ClNO/c1-9-3-4-13-11(5-9)6-12(16-13)8-15-7-10(2)14/h3-5,10,12,15H,6-8H2,1-2H3. The van der Waals surface area contributed by atoms with Crippen LogP contribution in [0.5, 0.6) is 5.75 Å². The van der Waals surface area contributed by atoms with Crippen LogP contribution in [0.2, 0.25) is 0 Å². The summed E-state index contributed by atoms with van der Waals surface area (Å²) in [6.07, 6.45) is 1.26. The van der Waals surface area contributed by atoms with Gasteiger partial charge in [0.2, 0.25) is 0 Å². The molecule has 16 heavy (non-hydrogen) atoms. The van der Waals surface area contributed by atoms with Crippen molar-refractivity contribution in [3.8, 4) is 5.75 Å². The van der Waals surface area contributed by atoms with E-state index in [1.54, 1.807) is 0 Å². The first-order valence-corrected chi connectivity index (χ1v) is 6.20. The second-order valence-corrected chi connectivity index (χ2v) is 5.24. The number of aryl methyl sites for hydroxylation is 1. The van der Waals surface area contributed by atoms with Crippen LogP contribution in [0.4, 0.5) is 0 Å². The van der Waals surface area contributed by atoms with Crippen molar-refractivity contribution >= 4 is 11.6 Å². The number of hydrogen-bond acceptors (Lipinski definition) is 2. The largest absolute Gasteiger partial charge is 0.488 e. The van der Waals surface area contributed by atoms with Gasteiger partial charge in [0.1, 0.15) is 11.9 Å². The third-order valence-corrected chi connectivity index (χ3v) is 2.91. The van der Waals surface area contributed by atoms with E-state index in [9.17, 15) is 0 Å².